The highest BCUT2D eigenvalue weighted by Crippen LogP contribution is 2.28. The van der Waals surface area contributed by atoms with Gasteiger partial charge in [-0.25, -0.2) is 0 Å². The Kier molecular flexibility index (Phi) is 16.4. The maximum Gasteiger partial charge on any atom is 0.00385 e. The first-order valence-corrected chi connectivity index (χ1v) is 17.2. The second kappa shape index (κ2) is 18.3. The largest absolute Gasteiger partial charge is 0.304 e. The summed E-state index contributed by atoms with van der Waals surface area (Å²) in [5.74, 6) is 5.64. The van der Waals surface area contributed by atoms with Crippen molar-refractivity contribution in [2.24, 2.45) is 35.5 Å². The van der Waals surface area contributed by atoms with Gasteiger partial charge in [0, 0.05) is 25.7 Å². The predicted molar refractivity (Wildman–Crippen MR) is 169 cm³/mol. The van der Waals surface area contributed by atoms with Crippen LogP contribution in [0, 0.1) is 35.5 Å². The summed E-state index contributed by atoms with van der Waals surface area (Å²) in [4.78, 5) is 10.7. The van der Waals surface area contributed by atoms with E-state index in [1.807, 2.05) is 13.8 Å². The minimum absolute atomic E-state index is 0.742. The van der Waals surface area contributed by atoms with Gasteiger partial charge in [0.1, 0.15) is 0 Å². The normalized spacial score (nSPS) is 27.2. The standard InChI is InChI=1S/C17H34N2.C15H30N2.C2H6/c1-14(2)17-8-10-18(13-17)9-5-16-6-11-19(12-7-16)15(3)4;1-4-16-8-5-14(6-9-16)11-17-10-7-15(12-17)13(2)3;1-2/h14-17H,5-13H2,1-4H3;13-15H,4-12H2,1-3H3;1-2H3. The molecule has 4 heterocycles. The van der Waals surface area contributed by atoms with E-state index in [-0.39, 0.29) is 0 Å². The highest BCUT2D eigenvalue weighted by molar-refractivity contribution is 4.82. The smallest absolute Gasteiger partial charge is 0.00385 e. The van der Waals surface area contributed by atoms with Crippen molar-refractivity contribution in [3.8, 4) is 0 Å². The van der Waals surface area contributed by atoms with Crippen molar-refractivity contribution in [1.29, 1.82) is 0 Å². The van der Waals surface area contributed by atoms with E-state index in [1.54, 1.807) is 0 Å². The lowest BCUT2D eigenvalue weighted by Crippen LogP contribution is -2.39. The summed E-state index contributed by atoms with van der Waals surface area (Å²) in [5, 5.41) is 0. The zero-order valence-electron chi connectivity index (χ0n) is 27.6. The Morgan fingerprint density at radius 3 is 1.53 bits per heavy atom. The molecule has 38 heavy (non-hydrogen) atoms. The summed E-state index contributed by atoms with van der Waals surface area (Å²) in [6.45, 7) is 35.2. The number of piperidine rings is 2. The van der Waals surface area contributed by atoms with Gasteiger partial charge in [-0.2, -0.15) is 0 Å². The van der Waals surface area contributed by atoms with Gasteiger partial charge in [-0.15, -0.1) is 0 Å². The number of hydrogen-bond acceptors (Lipinski definition) is 4. The molecule has 0 aromatic carbocycles. The molecular formula is C34H70N4. The quantitative estimate of drug-likeness (QED) is 0.310. The lowest BCUT2D eigenvalue weighted by atomic mass is 9.92. The first-order chi connectivity index (χ1) is 18.2. The third-order valence-electron chi connectivity index (χ3n) is 10.4. The fourth-order valence-electron chi connectivity index (χ4n) is 7.16. The summed E-state index contributed by atoms with van der Waals surface area (Å²) >= 11 is 0. The molecule has 2 unspecified atom stereocenters. The Morgan fingerprint density at radius 1 is 0.579 bits per heavy atom. The van der Waals surface area contributed by atoms with E-state index in [9.17, 15) is 0 Å². The molecule has 0 aromatic rings. The average molecular weight is 535 g/mol. The molecule has 4 aliphatic heterocycles. The van der Waals surface area contributed by atoms with Crippen LogP contribution in [0.5, 0.6) is 0 Å². The molecule has 4 fully saturated rings. The molecule has 4 rings (SSSR count). The number of nitrogens with zero attached hydrogens (tertiary/aromatic N) is 4. The van der Waals surface area contributed by atoms with Crippen LogP contribution in [0.25, 0.3) is 0 Å². The first-order valence-electron chi connectivity index (χ1n) is 17.2. The summed E-state index contributed by atoms with van der Waals surface area (Å²) < 4.78 is 0. The van der Waals surface area contributed by atoms with E-state index in [2.05, 4.69) is 68.1 Å². The van der Waals surface area contributed by atoms with Crippen LogP contribution in [0.4, 0.5) is 0 Å². The Morgan fingerprint density at radius 2 is 1.05 bits per heavy atom. The summed E-state index contributed by atoms with van der Waals surface area (Å²) in [5.41, 5.74) is 0. The molecule has 0 amide bonds. The maximum atomic E-state index is 2.73. The van der Waals surface area contributed by atoms with Crippen molar-refractivity contribution in [2.75, 3.05) is 72.0 Å². The van der Waals surface area contributed by atoms with E-state index in [0.717, 1.165) is 41.5 Å². The zero-order valence-corrected chi connectivity index (χ0v) is 27.6. The number of rotatable bonds is 9. The Balaban J connectivity index is 0.000000252. The van der Waals surface area contributed by atoms with Gasteiger partial charge in [-0.3, -0.25) is 0 Å². The Hall–Kier alpha value is -0.160. The predicted octanol–water partition coefficient (Wildman–Crippen LogP) is 7.20. The van der Waals surface area contributed by atoms with Gasteiger partial charge in [0.25, 0.3) is 0 Å². The van der Waals surface area contributed by atoms with Gasteiger partial charge >= 0.3 is 0 Å². The summed E-state index contributed by atoms with van der Waals surface area (Å²) in [6.07, 6.45) is 10.0. The molecule has 4 aliphatic rings. The number of hydrogen-bond donors (Lipinski definition) is 0. The molecule has 4 nitrogen and oxygen atoms in total. The minimum atomic E-state index is 0.742. The highest BCUT2D eigenvalue weighted by atomic mass is 15.2. The summed E-state index contributed by atoms with van der Waals surface area (Å²) in [7, 11) is 0. The van der Waals surface area contributed by atoms with Gasteiger partial charge in [-0.1, -0.05) is 48.5 Å². The monoisotopic (exact) mass is 535 g/mol. The fourth-order valence-corrected chi connectivity index (χ4v) is 7.16. The van der Waals surface area contributed by atoms with Crippen LogP contribution in [0.2, 0.25) is 0 Å². The molecule has 0 radical (unpaired) electrons. The molecule has 0 spiro atoms. The van der Waals surface area contributed by atoms with Crippen molar-refractivity contribution < 1.29 is 0 Å². The molecule has 0 bridgehead atoms. The highest BCUT2D eigenvalue weighted by Gasteiger charge is 2.28. The molecule has 0 N–H and O–H groups in total. The number of likely N-dealkylation sites (tertiary alicyclic amines) is 4. The van der Waals surface area contributed by atoms with E-state index >= 15 is 0 Å². The van der Waals surface area contributed by atoms with Crippen LogP contribution in [-0.2, 0) is 0 Å². The lowest BCUT2D eigenvalue weighted by molar-refractivity contribution is 0.138. The summed E-state index contributed by atoms with van der Waals surface area (Å²) in [6, 6.07) is 0.742. The second-order valence-corrected chi connectivity index (χ2v) is 13.9. The van der Waals surface area contributed by atoms with Gasteiger partial charge in [0.2, 0.25) is 0 Å². The SMILES string of the molecule is CC.CC(C)C1CCN(CCC2CCN(C(C)C)CC2)C1.CCN1CCC(CN2CCC(C(C)C)C2)CC1. The average Bonchev–Trinajstić information content (AvgIpc) is 3.60. The maximum absolute atomic E-state index is 2.73. The van der Waals surface area contributed by atoms with Crippen molar-refractivity contribution in [3.05, 3.63) is 0 Å². The third kappa shape index (κ3) is 11.8. The molecule has 0 aliphatic carbocycles. The molecule has 0 aromatic heterocycles. The second-order valence-electron chi connectivity index (χ2n) is 13.9. The molecule has 0 saturated carbocycles. The van der Waals surface area contributed by atoms with Gasteiger partial charge < -0.3 is 19.6 Å². The zero-order chi connectivity index (χ0) is 28.1. The molecule has 4 heteroatoms. The first kappa shape index (κ1) is 34.0. The van der Waals surface area contributed by atoms with Crippen LogP contribution >= 0.6 is 0 Å². The topological polar surface area (TPSA) is 13.0 Å². The van der Waals surface area contributed by atoms with Crippen molar-refractivity contribution in [1.82, 2.24) is 19.6 Å². The van der Waals surface area contributed by atoms with Crippen LogP contribution in [0.1, 0.15) is 107 Å². The van der Waals surface area contributed by atoms with Crippen molar-refractivity contribution in [2.45, 2.75) is 113 Å². The minimum Gasteiger partial charge on any atom is -0.304 e. The van der Waals surface area contributed by atoms with Crippen LogP contribution in [0.3, 0.4) is 0 Å². The molecule has 4 saturated heterocycles. The van der Waals surface area contributed by atoms with Crippen LogP contribution in [-0.4, -0.2) is 97.6 Å². The molecule has 2 atom stereocenters. The Labute approximate surface area is 240 Å². The molecular weight excluding hydrogens is 464 g/mol. The van der Waals surface area contributed by atoms with E-state index in [1.165, 1.54) is 117 Å². The van der Waals surface area contributed by atoms with Crippen molar-refractivity contribution in [3.63, 3.8) is 0 Å². The Bertz CT molecular complexity index is 575. The van der Waals surface area contributed by atoms with Gasteiger partial charge in [0.05, 0.1) is 0 Å². The van der Waals surface area contributed by atoms with Gasteiger partial charge in [0.15, 0.2) is 0 Å². The van der Waals surface area contributed by atoms with Crippen molar-refractivity contribution >= 4 is 0 Å². The third-order valence-corrected chi connectivity index (χ3v) is 10.4. The van der Waals surface area contributed by atoms with E-state index in [0.29, 0.717) is 0 Å². The van der Waals surface area contributed by atoms with E-state index in [4.69, 9.17) is 0 Å². The molecule has 226 valence electrons. The fraction of sp³-hybridized carbons (Fsp3) is 1.00. The van der Waals surface area contributed by atoms with Crippen LogP contribution in [0.15, 0.2) is 0 Å². The lowest BCUT2D eigenvalue weighted by Gasteiger charge is -2.35. The van der Waals surface area contributed by atoms with Gasteiger partial charge in [-0.05, 0) is 147 Å². The van der Waals surface area contributed by atoms with Crippen LogP contribution < -0.4 is 0 Å². The van der Waals surface area contributed by atoms with E-state index < -0.39 is 0 Å².